The van der Waals surface area contributed by atoms with E-state index in [0.29, 0.717) is 12.5 Å². The third-order valence-corrected chi connectivity index (χ3v) is 4.21. The van der Waals surface area contributed by atoms with Gasteiger partial charge in [-0.15, -0.1) is 0 Å². The lowest BCUT2D eigenvalue weighted by Crippen LogP contribution is -2.35. The molecule has 0 unspecified atom stereocenters. The first-order valence-electron chi connectivity index (χ1n) is 7.85. The zero-order valence-corrected chi connectivity index (χ0v) is 13.0. The highest BCUT2D eigenvalue weighted by Crippen LogP contribution is 2.28. The van der Waals surface area contributed by atoms with Crippen molar-refractivity contribution in [2.45, 2.75) is 32.3 Å². The quantitative estimate of drug-likeness (QED) is 0.878. The van der Waals surface area contributed by atoms with Crippen LogP contribution in [0.15, 0.2) is 30.3 Å². The molecule has 120 valence electrons. The Balaban J connectivity index is 1.62. The van der Waals surface area contributed by atoms with Crippen LogP contribution < -0.4 is 10.6 Å². The van der Waals surface area contributed by atoms with Gasteiger partial charge in [-0.2, -0.15) is 0 Å². The van der Waals surface area contributed by atoms with Crippen molar-refractivity contribution in [2.75, 3.05) is 13.6 Å². The summed E-state index contributed by atoms with van der Waals surface area (Å²) in [6.45, 7) is 0.907. The smallest absolute Gasteiger partial charge is 0.407 e. The molecular formula is C17H24N2O3. The first-order valence-corrected chi connectivity index (χ1v) is 7.85. The minimum absolute atomic E-state index is 0.131. The Bertz CT molecular complexity index is 482. The molecular weight excluding hydrogens is 280 g/mol. The van der Waals surface area contributed by atoms with Crippen LogP contribution in [0.1, 0.15) is 31.2 Å². The Hall–Kier alpha value is -2.04. The van der Waals surface area contributed by atoms with Gasteiger partial charge in [0.25, 0.3) is 0 Å². The predicted octanol–water partition coefficient (Wildman–Crippen LogP) is 2.47. The van der Waals surface area contributed by atoms with E-state index in [2.05, 4.69) is 10.6 Å². The number of amides is 2. The molecule has 0 radical (unpaired) electrons. The summed E-state index contributed by atoms with van der Waals surface area (Å²) in [7, 11) is 1.68. The topological polar surface area (TPSA) is 67.4 Å². The largest absolute Gasteiger partial charge is 0.445 e. The molecule has 2 amide bonds. The number of benzene rings is 1. The van der Waals surface area contributed by atoms with Gasteiger partial charge in [0.1, 0.15) is 6.61 Å². The summed E-state index contributed by atoms with van der Waals surface area (Å²) >= 11 is 0. The molecule has 22 heavy (non-hydrogen) atoms. The molecule has 1 aromatic carbocycles. The molecule has 1 fully saturated rings. The van der Waals surface area contributed by atoms with Crippen molar-refractivity contribution in [3.05, 3.63) is 35.9 Å². The van der Waals surface area contributed by atoms with E-state index in [1.54, 1.807) is 7.05 Å². The van der Waals surface area contributed by atoms with Crippen LogP contribution in [0, 0.1) is 11.8 Å². The van der Waals surface area contributed by atoms with E-state index in [1.165, 1.54) is 0 Å². The van der Waals surface area contributed by atoms with E-state index < -0.39 is 0 Å². The summed E-state index contributed by atoms with van der Waals surface area (Å²) in [5, 5.41) is 5.52. The average molecular weight is 304 g/mol. The van der Waals surface area contributed by atoms with Gasteiger partial charge < -0.3 is 15.4 Å². The van der Waals surface area contributed by atoms with Crippen LogP contribution in [0.25, 0.3) is 0 Å². The highest BCUT2D eigenvalue weighted by Gasteiger charge is 2.25. The summed E-state index contributed by atoms with van der Waals surface area (Å²) in [5.74, 6) is 0.699. The van der Waals surface area contributed by atoms with Gasteiger partial charge in [-0.25, -0.2) is 4.79 Å². The standard InChI is InChI=1S/C17H24N2O3/c1-18-16(20)15-9-7-13(8-10-15)11-19-17(21)22-12-14-5-3-2-4-6-14/h2-6,13,15H,7-12H2,1H3,(H,18,20)(H,19,21). The number of carbonyl (C=O) groups excluding carboxylic acids is 2. The molecule has 5 nitrogen and oxygen atoms in total. The second kappa shape index (κ2) is 8.41. The predicted molar refractivity (Wildman–Crippen MR) is 84.1 cm³/mol. The van der Waals surface area contributed by atoms with Crippen LogP contribution in [0.4, 0.5) is 4.79 Å². The first kappa shape index (κ1) is 16.3. The average Bonchev–Trinajstić information content (AvgIpc) is 2.58. The van der Waals surface area contributed by atoms with Crippen molar-refractivity contribution in [2.24, 2.45) is 11.8 Å². The number of hydrogen-bond donors (Lipinski definition) is 2. The summed E-state index contributed by atoms with van der Waals surface area (Å²) in [6.07, 6.45) is 3.35. The summed E-state index contributed by atoms with van der Waals surface area (Å²) in [4.78, 5) is 23.2. The lowest BCUT2D eigenvalue weighted by Gasteiger charge is -2.27. The number of rotatable bonds is 5. The molecule has 0 spiro atoms. The Morgan fingerprint density at radius 1 is 1.14 bits per heavy atom. The maximum absolute atomic E-state index is 11.7. The number of alkyl carbamates (subject to hydrolysis) is 1. The number of nitrogens with one attached hydrogen (secondary N) is 2. The van der Waals surface area contributed by atoms with Crippen molar-refractivity contribution in [3.8, 4) is 0 Å². The third-order valence-electron chi connectivity index (χ3n) is 4.21. The second-order valence-corrected chi connectivity index (χ2v) is 5.77. The molecule has 2 N–H and O–H groups in total. The lowest BCUT2D eigenvalue weighted by atomic mass is 9.81. The number of ether oxygens (including phenoxy) is 1. The minimum Gasteiger partial charge on any atom is -0.445 e. The first-order chi connectivity index (χ1) is 10.7. The molecule has 1 aliphatic carbocycles. The van der Waals surface area contributed by atoms with E-state index in [4.69, 9.17) is 4.74 Å². The van der Waals surface area contributed by atoms with E-state index >= 15 is 0 Å². The number of hydrogen-bond acceptors (Lipinski definition) is 3. The third kappa shape index (κ3) is 5.06. The van der Waals surface area contributed by atoms with Crippen LogP contribution in [-0.2, 0) is 16.1 Å². The summed E-state index contributed by atoms with van der Waals surface area (Å²) in [6, 6.07) is 9.61. The normalized spacial score (nSPS) is 21.0. The molecule has 2 rings (SSSR count). The van der Waals surface area contributed by atoms with E-state index in [1.807, 2.05) is 30.3 Å². The van der Waals surface area contributed by atoms with Gasteiger partial charge in [0.05, 0.1) is 0 Å². The fourth-order valence-corrected chi connectivity index (χ4v) is 2.83. The highest BCUT2D eigenvalue weighted by molar-refractivity contribution is 5.78. The Morgan fingerprint density at radius 3 is 2.45 bits per heavy atom. The van der Waals surface area contributed by atoms with Crippen LogP contribution in [0.5, 0.6) is 0 Å². The van der Waals surface area contributed by atoms with Gasteiger partial charge in [0.15, 0.2) is 0 Å². The van der Waals surface area contributed by atoms with E-state index in [0.717, 1.165) is 31.2 Å². The van der Waals surface area contributed by atoms with Crippen LogP contribution in [0.3, 0.4) is 0 Å². The minimum atomic E-state index is -0.378. The molecule has 1 saturated carbocycles. The van der Waals surface area contributed by atoms with Crippen molar-refractivity contribution in [1.29, 1.82) is 0 Å². The maximum Gasteiger partial charge on any atom is 0.407 e. The molecule has 0 aliphatic heterocycles. The van der Waals surface area contributed by atoms with E-state index in [9.17, 15) is 9.59 Å². The molecule has 0 aromatic heterocycles. The monoisotopic (exact) mass is 304 g/mol. The van der Waals surface area contributed by atoms with Gasteiger partial charge in [0, 0.05) is 19.5 Å². The molecule has 0 saturated heterocycles. The fourth-order valence-electron chi connectivity index (χ4n) is 2.83. The molecule has 5 heteroatoms. The molecule has 0 bridgehead atoms. The zero-order chi connectivity index (χ0) is 15.8. The number of carbonyl (C=O) groups is 2. The Morgan fingerprint density at radius 2 is 1.82 bits per heavy atom. The maximum atomic E-state index is 11.7. The van der Waals surface area contributed by atoms with Crippen molar-refractivity contribution < 1.29 is 14.3 Å². The van der Waals surface area contributed by atoms with Crippen LogP contribution in [0.2, 0.25) is 0 Å². The summed E-state index contributed by atoms with van der Waals surface area (Å²) < 4.78 is 5.18. The van der Waals surface area contributed by atoms with Gasteiger partial charge in [-0.05, 0) is 37.2 Å². The van der Waals surface area contributed by atoms with Crippen molar-refractivity contribution in [1.82, 2.24) is 10.6 Å². The molecule has 1 aromatic rings. The molecule has 0 atom stereocenters. The van der Waals surface area contributed by atoms with Gasteiger partial charge >= 0.3 is 6.09 Å². The lowest BCUT2D eigenvalue weighted by molar-refractivity contribution is -0.125. The Kier molecular flexibility index (Phi) is 6.25. The van der Waals surface area contributed by atoms with Crippen LogP contribution in [-0.4, -0.2) is 25.6 Å². The summed E-state index contributed by atoms with van der Waals surface area (Å²) in [5.41, 5.74) is 0.976. The van der Waals surface area contributed by atoms with Crippen LogP contribution >= 0.6 is 0 Å². The molecule has 1 aliphatic rings. The second-order valence-electron chi connectivity index (χ2n) is 5.77. The highest BCUT2D eigenvalue weighted by atomic mass is 16.5. The van der Waals surface area contributed by atoms with Crippen molar-refractivity contribution in [3.63, 3.8) is 0 Å². The van der Waals surface area contributed by atoms with Crippen molar-refractivity contribution >= 4 is 12.0 Å². The Labute approximate surface area is 131 Å². The SMILES string of the molecule is CNC(=O)C1CCC(CNC(=O)OCc2ccccc2)CC1. The van der Waals surface area contributed by atoms with Gasteiger partial charge in [-0.3, -0.25) is 4.79 Å². The molecule has 0 heterocycles. The van der Waals surface area contributed by atoms with Gasteiger partial charge in [0.2, 0.25) is 5.91 Å². The fraction of sp³-hybridized carbons (Fsp3) is 0.529. The van der Waals surface area contributed by atoms with E-state index in [-0.39, 0.29) is 24.5 Å². The van der Waals surface area contributed by atoms with Gasteiger partial charge in [-0.1, -0.05) is 30.3 Å². The zero-order valence-electron chi connectivity index (χ0n) is 13.0.